The van der Waals surface area contributed by atoms with Gasteiger partial charge in [0, 0.05) is 82.3 Å². The molecule has 4 aromatic heterocycles. The van der Waals surface area contributed by atoms with Crippen LogP contribution in [-0.2, 0) is 50.4 Å². The van der Waals surface area contributed by atoms with Gasteiger partial charge >= 0.3 is 0 Å². The van der Waals surface area contributed by atoms with E-state index in [4.69, 9.17) is 71.1 Å². The molecule has 3 saturated carbocycles. The molecule has 5 heterocycles. The summed E-state index contributed by atoms with van der Waals surface area (Å²) < 4.78 is 16.5. The molecule has 4 aliphatic rings. The van der Waals surface area contributed by atoms with E-state index in [0.717, 1.165) is 139 Å². The molecule has 0 N–H and O–H groups in total. The molecular formula is C96H106BrCl4N9O. The second-order valence-corrected chi connectivity index (χ2v) is 34.4. The Labute approximate surface area is 685 Å². The van der Waals surface area contributed by atoms with Crippen LogP contribution in [0.2, 0.25) is 20.1 Å². The average molecular weight is 1620 g/mol. The van der Waals surface area contributed by atoms with Crippen LogP contribution in [0.3, 0.4) is 0 Å². The van der Waals surface area contributed by atoms with E-state index in [9.17, 15) is 0 Å². The molecule has 4 fully saturated rings. The first-order valence-corrected chi connectivity index (χ1v) is 42.9. The third-order valence-corrected chi connectivity index (χ3v) is 25.1. The minimum Gasteiger partial charge on any atom is -0.374 e. The molecule has 3 aliphatic carbocycles. The van der Waals surface area contributed by atoms with Gasteiger partial charge in [-0.25, -0.2) is 19.9 Å². The Balaban J connectivity index is 0.000000123. The number of halogens is 5. The van der Waals surface area contributed by atoms with Gasteiger partial charge in [0.2, 0.25) is 0 Å². The van der Waals surface area contributed by atoms with E-state index in [1.165, 1.54) is 183 Å². The second kappa shape index (κ2) is 38.3. The van der Waals surface area contributed by atoms with Crippen molar-refractivity contribution in [2.75, 3.05) is 19.7 Å². The molecule has 13 aromatic rings. The predicted molar refractivity (Wildman–Crippen MR) is 468 cm³/mol. The number of rotatable bonds is 22. The Morgan fingerprint density at radius 1 is 0.441 bits per heavy atom. The summed E-state index contributed by atoms with van der Waals surface area (Å²) in [5.74, 6) is 7.08. The summed E-state index contributed by atoms with van der Waals surface area (Å²) in [7, 11) is 0. The molecule has 111 heavy (non-hydrogen) atoms. The van der Waals surface area contributed by atoms with E-state index in [-0.39, 0.29) is 0 Å². The molecule has 0 bridgehead atoms. The summed E-state index contributed by atoms with van der Waals surface area (Å²) in [5.41, 5.74) is 20.5. The lowest BCUT2D eigenvalue weighted by molar-refractivity contribution is 0.0954. The quantitative estimate of drug-likeness (QED) is 0.0629. The molecule has 17 rings (SSSR count). The van der Waals surface area contributed by atoms with Gasteiger partial charge < -0.3 is 23.0 Å². The lowest BCUT2D eigenvalue weighted by Crippen LogP contribution is -2.30. The Kier molecular flexibility index (Phi) is 27.6. The topological polar surface area (TPSA) is 83.8 Å². The van der Waals surface area contributed by atoms with Gasteiger partial charge in [-0.2, -0.15) is 0 Å². The van der Waals surface area contributed by atoms with Crippen molar-refractivity contribution in [2.45, 2.75) is 195 Å². The van der Waals surface area contributed by atoms with Crippen molar-refractivity contribution in [1.82, 2.24) is 43.1 Å². The monoisotopic (exact) mass is 1620 g/mol. The third kappa shape index (κ3) is 21.1. The van der Waals surface area contributed by atoms with Crippen molar-refractivity contribution >= 4 is 113 Å². The summed E-state index contributed by atoms with van der Waals surface area (Å²) in [6.07, 6.45) is 28.5. The van der Waals surface area contributed by atoms with Crippen molar-refractivity contribution in [3.05, 3.63) is 298 Å². The predicted octanol–water partition coefficient (Wildman–Crippen LogP) is 26.2. The van der Waals surface area contributed by atoms with Crippen molar-refractivity contribution in [3.63, 3.8) is 0 Å². The first kappa shape index (κ1) is 79.8. The first-order chi connectivity index (χ1) is 54.1. The van der Waals surface area contributed by atoms with Gasteiger partial charge in [-0.1, -0.05) is 237 Å². The Morgan fingerprint density at radius 2 is 0.919 bits per heavy atom. The molecule has 2 atom stereocenters. The Morgan fingerprint density at radius 3 is 1.52 bits per heavy atom. The molecule has 15 heteroatoms. The number of aromatic nitrogens is 8. The third-order valence-electron chi connectivity index (χ3n) is 23.6. The number of benzene rings is 9. The highest BCUT2D eigenvalue weighted by Crippen LogP contribution is 2.35. The largest absolute Gasteiger partial charge is 0.374 e. The van der Waals surface area contributed by atoms with Crippen LogP contribution in [0.5, 0.6) is 0 Å². The molecule has 0 radical (unpaired) electrons. The molecule has 0 spiro atoms. The normalized spacial score (nSPS) is 16.1. The van der Waals surface area contributed by atoms with Crippen LogP contribution in [0.4, 0.5) is 0 Å². The van der Waals surface area contributed by atoms with E-state index < -0.39 is 0 Å². The van der Waals surface area contributed by atoms with Crippen LogP contribution in [0, 0.1) is 45.4 Å². The van der Waals surface area contributed by atoms with E-state index in [1.54, 1.807) is 0 Å². The number of para-hydroxylation sites is 2. The van der Waals surface area contributed by atoms with Gasteiger partial charge in [0.25, 0.3) is 0 Å². The van der Waals surface area contributed by atoms with Gasteiger partial charge in [0.05, 0.1) is 44.1 Å². The summed E-state index contributed by atoms with van der Waals surface area (Å²) in [4.78, 5) is 22.6. The van der Waals surface area contributed by atoms with Gasteiger partial charge in [0.15, 0.2) is 0 Å². The van der Waals surface area contributed by atoms with Crippen LogP contribution in [0.15, 0.2) is 205 Å². The van der Waals surface area contributed by atoms with Crippen LogP contribution in [0.25, 0.3) is 50.2 Å². The summed E-state index contributed by atoms with van der Waals surface area (Å²) >= 11 is 27.8. The number of ether oxygens (including phenoxy) is 1. The summed E-state index contributed by atoms with van der Waals surface area (Å²) in [6, 6.07) is 67.6. The number of likely N-dealkylation sites (tertiary alicyclic amines) is 1. The molecule has 1 saturated heterocycles. The Hall–Kier alpha value is -7.84. The molecule has 0 amide bonds. The summed E-state index contributed by atoms with van der Waals surface area (Å²) in [5, 5.41) is 3.09. The highest BCUT2D eigenvalue weighted by atomic mass is 79.9. The van der Waals surface area contributed by atoms with Crippen LogP contribution in [0.1, 0.15) is 189 Å². The van der Waals surface area contributed by atoms with E-state index in [2.05, 4.69) is 225 Å². The van der Waals surface area contributed by atoms with Crippen molar-refractivity contribution < 1.29 is 4.74 Å². The number of imidazole rings is 4. The zero-order valence-electron chi connectivity index (χ0n) is 65.2. The smallest absolute Gasteiger partial charge is 0.136 e. The molecule has 1 aliphatic heterocycles. The highest BCUT2D eigenvalue weighted by molar-refractivity contribution is 9.10. The van der Waals surface area contributed by atoms with Gasteiger partial charge in [-0.15, -0.1) is 0 Å². The molecule has 10 nitrogen and oxygen atoms in total. The average Bonchev–Trinajstić information content (AvgIpc) is 1.65. The standard InChI is InChI=1S/C25H27BrClN3.C25H25ClN2.C23H27ClN2O.C23H27ClN2/c26-20-8-11-24-23(15-20)28-25(30(24)17-18-5-9-21(27)10-6-18)12-7-19-13-14-29(16-19)22-3-1-2-4-22;1-17-14-23-24(15-18(17)2)28(16-21-9-11-22(26)12-10-21)25(27-23)19(3)13-20-7-5-4-6-8-20;24-20-12-10-19(11-13-20)16-26-22-9-5-4-8-21(22)25-23(26)17-27-15-14-18-6-2-1-3-7-18;1-16-13-21-22(14-17(16)2)26(15-19-7-10-20(24)11-8-19)23(25-21)12-9-18-5-3-4-6-18/h5-12,15,19,22H,1-4,13-14,16-17H2;4-12,14-15,19H,13,16H2,1-3H3;4-5,8-13,18H,1-3,6-7,14-17H2;7-8,10-11,13-14,18H,3-6,9,12,15H2,1-2H3/b12-7+;;;. The van der Waals surface area contributed by atoms with Gasteiger partial charge in [0.1, 0.15) is 29.9 Å². The van der Waals surface area contributed by atoms with E-state index in [0.29, 0.717) is 18.4 Å². The minimum absolute atomic E-state index is 0.322. The summed E-state index contributed by atoms with van der Waals surface area (Å²) in [6.45, 7) is 18.0. The maximum absolute atomic E-state index is 6.08. The maximum atomic E-state index is 6.08. The molecular weight excluding hydrogens is 1520 g/mol. The lowest BCUT2D eigenvalue weighted by Gasteiger charge is -2.22. The SMILES string of the molecule is Cc1cc2nc(C(C)Cc3ccccc3)n(Cc3ccc(Cl)cc3)c2cc1C.Cc1cc2nc(CCC3CCCC3)n(Cc3ccc(Cl)cc3)c2cc1C.Clc1ccc(Cn2c(/C=C/C3CCN(C4CCCC4)C3)nc3cc(Br)ccc32)cc1.Clc1ccc(Cn2c(COCCC3CCCCC3)nc3ccccc32)cc1. The fourth-order valence-electron chi connectivity index (χ4n) is 17.0. The molecule has 576 valence electrons. The van der Waals surface area contributed by atoms with Crippen LogP contribution >= 0.6 is 62.3 Å². The van der Waals surface area contributed by atoms with Crippen LogP contribution in [-0.4, -0.2) is 68.8 Å². The van der Waals surface area contributed by atoms with Crippen molar-refractivity contribution in [2.24, 2.45) is 17.8 Å². The zero-order valence-corrected chi connectivity index (χ0v) is 69.8. The zero-order chi connectivity index (χ0) is 76.7. The minimum atomic E-state index is 0.322. The number of hydrogen-bond acceptors (Lipinski definition) is 6. The van der Waals surface area contributed by atoms with E-state index in [1.807, 2.05) is 54.6 Å². The number of hydrogen-bond donors (Lipinski definition) is 0. The lowest BCUT2D eigenvalue weighted by atomic mass is 9.87. The van der Waals surface area contributed by atoms with Gasteiger partial charge in [-0.3, -0.25) is 4.90 Å². The number of nitrogens with zero attached hydrogens (tertiary/aromatic N) is 9. The maximum Gasteiger partial charge on any atom is 0.136 e. The Bertz CT molecular complexity index is 5220. The molecule has 9 aromatic carbocycles. The number of aryl methyl sites for hydroxylation is 5. The first-order valence-electron chi connectivity index (χ1n) is 40.6. The fraction of sp³-hybridized carbons (Fsp3) is 0.375. The molecule has 2 unspecified atom stereocenters. The van der Waals surface area contributed by atoms with Crippen molar-refractivity contribution in [3.8, 4) is 0 Å². The van der Waals surface area contributed by atoms with Gasteiger partial charge in [-0.05, 0) is 250 Å². The fourth-order valence-corrected chi connectivity index (χ4v) is 17.9. The van der Waals surface area contributed by atoms with Crippen LogP contribution < -0.4 is 0 Å². The second-order valence-electron chi connectivity index (χ2n) is 31.8. The highest BCUT2D eigenvalue weighted by Gasteiger charge is 2.29. The number of fused-ring (bicyclic) bond motifs is 4. The van der Waals surface area contributed by atoms with E-state index >= 15 is 0 Å². The van der Waals surface area contributed by atoms with Crippen molar-refractivity contribution in [1.29, 1.82) is 0 Å².